The summed E-state index contributed by atoms with van der Waals surface area (Å²) in [5.74, 6) is 1.31. The third-order valence-electron chi connectivity index (χ3n) is 4.11. The Morgan fingerprint density at radius 2 is 2.28 bits per heavy atom. The van der Waals surface area contributed by atoms with E-state index in [-0.39, 0.29) is 12.5 Å². The molecule has 2 aliphatic rings. The molecule has 4 nitrogen and oxygen atoms in total. The molecule has 2 atom stereocenters. The molecule has 2 aliphatic heterocycles. The van der Waals surface area contributed by atoms with Crippen LogP contribution in [0.15, 0.2) is 6.20 Å². The van der Waals surface area contributed by atoms with E-state index in [2.05, 4.69) is 10.8 Å². The highest BCUT2D eigenvalue weighted by molar-refractivity contribution is 5.11. The van der Waals surface area contributed by atoms with Crippen molar-refractivity contribution < 1.29 is 9.84 Å². The lowest BCUT2D eigenvalue weighted by molar-refractivity contribution is 0.0163. The summed E-state index contributed by atoms with van der Waals surface area (Å²) in [7, 11) is 0. The van der Waals surface area contributed by atoms with Gasteiger partial charge < -0.3 is 14.4 Å². The van der Waals surface area contributed by atoms with E-state index in [0.29, 0.717) is 6.10 Å². The molecule has 1 fully saturated rings. The molecule has 0 aromatic carbocycles. The molecule has 0 saturated carbocycles. The molecule has 4 heteroatoms. The fourth-order valence-corrected chi connectivity index (χ4v) is 3.10. The van der Waals surface area contributed by atoms with Gasteiger partial charge in [-0.05, 0) is 32.1 Å². The predicted octanol–water partition coefficient (Wildman–Crippen LogP) is 1.86. The summed E-state index contributed by atoms with van der Waals surface area (Å²) in [6.07, 6.45) is 9.28. The summed E-state index contributed by atoms with van der Waals surface area (Å²) >= 11 is 0. The van der Waals surface area contributed by atoms with E-state index < -0.39 is 0 Å². The minimum Gasteiger partial charge on any atom is -0.396 e. The Balaban J connectivity index is 1.71. The van der Waals surface area contributed by atoms with Crippen molar-refractivity contribution in [2.24, 2.45) is 0 Å². The van der Waals surface area contributed by atoms with Gasteiger partial charge in [0.25, 0.3) is 0 Å². The van der Waals surface area contributed by atoms with E-state index in [1.165, 1.54) is 12.8 Å². The highest BCUT2D eigenvalue weighted by Crippen LogP contribution is 2.27. The van der Waals surface area contributed by atoms with Crippen molar-refractivity contribution in [3.63, 3.8) is 0 Å². The van der Waals surface area contributed by atoms with E-state index in [4.69, 9.17) is 9.72 Å². The Kier molecular flexibility index (Phi) is 3.66. The molecule has 0 aliphatic carbocycles. The van der Waals surface area contributed by atoms with E-state index in [1.807, 2.05) is 0 Å². The third-order valence-corrected chi connectivity index (χ3v) is 4.11. The lowest BCUT2D eigenvalue weighted by atomic mass is 10.0. The number of fused-ring (bicyclic) bond motifs is 1. The molecule has 1 saturated heterocycles. The van der Waals surface area contributed by atoms with Gasteiger partial charge in [0, 0.05) is 31.7 Å². The fraction of sp³-hybridized carbons (Fsp3) is 0.786. The monoisotopic (exact) mass is 250 g/mol. The maximum atomic E-state index is 9.39. The summed E-state index contributed by atoms with van der Waals surface area (Å²) in [4.78, 5) is 4.72. The van der Waals surface area contributed by atoms with Crippen LogP contribution in [0.5, 0.6) is 0 Å². The predicted molar refractivity (Wildman–Crippen MR) is 68.6 cm³/mol. The highest BCUT2D eigenvalue weighted by Gasteiger charge is 2.23. The average Bonchev–Trinajstić information content (AvgIpc) is 2.82. The molecule has 100 valence electrons. The van der Waals surface area contributed by atoms with Gasteiger partial charge in [0.2, 0.25) is 0 Å². The minimum atomic E-state index is 0.219. The first-order chi connectivity index (χ1) is 8.86. The second kappa shape index (κ2) is 5.41. The largest absolute Gasteiger partial charge is 0.396 e. The average molecular weight is 250 g/mol. The quantitative estimate of drug-likeness (QED) is 0.890. The molecule has 0 amide bonds. The van der Waals surface area contributed by atoms with Crippen LogP contribution in [-0.4, -0.2) is 34.0 Å². The summed E-state index contributed by atoms with van der Waals surface area (Å²) in [6.45, 7) is 2.16. The van der Waals surface area contributed by atoms with Gasteiger partial charge in [-0.3, -0.25) is 0 Å². The van der Waals surface area contributed by atoms with Crippen LogP contribution in [-0.2, 0) is 17.7 Å². The zero-order chi connectivity index (χ0) is 12.4. The Labute approximate surface area is 108 Å². The van der Waals surface area contributed by atoms with Gasteiger partial charge in [-0.15, -0.1) is 0 Å². The van der Waals surface area contributed by atoms with Gasteiger partial charge in [0.1, 0.15) is 5.82 Å². The smallest absolute Gasteiger partial charge is 0.114 e. The SMILES string of the molecule is OCC1CCCn2cc(CC3CCCCO3)nc21. The molecule has 1 aromatic rings. The van der Waals surface area contributed by atoms with Crippen molar-refractivity contribution in [1.29, 1.82) is 0 Å². The van der Waals surface area contributed by atoms with Gasteiger partial charge in [-0.25, -0.2) is 4.98 Å². The number of aliphatic hydroxyl groups excluding tert-OH is 1. The van der Waals surface area contributed by atoms with Crippen LogP contribution in [0.2, 0.25) is 0 Å². The second-order valence-corrected chi connectivity index (χ2v) is 5.50. The zero-order valence-corrected chi connectivity index (χ0v) is 10.8. The standard InChI is InChI=1S/C14H22N2O2/c17-10-11-4-3-6-16-9-12(15-14(11)16)8-13-5-1-2-7-18-13/h9,11,13,17H,1-8,10H2. The number of aliphatic hydroxyl groups is 1. The molecule has 18 heavy (non-hydrogen) atoms. The van der Waals surface area contributed by atoms with Crippen molar-refractivity contribution in [3.8, 4) is 0 Å². The maximum absolute atomic E-state index is 9.39. The Morgan fingerprint density at radius 1 is 1.33 bits per heavy atom. The number of hydrogen-bond donors (Lipinski definition) is 1. The van der Waals surface area contributed by atoms with E-state index in [9.17, 15) is 5.11 Å². The summed E-state index contributed by atoms with van der Waals surface area (Å²) < 4.78 is 7.99. The van der Waals surface area contributed by atoms with Crippen LogP contribution in [0.1, 0.15) is 49.5 Å². The number of imidazole rings is 1. The first-order valence-electron chi connectivity index (χ1n) is 7.15. The van der Waals surface area contributed by atoms with E-state index >= 15 is 0 Å². The molecule has 1 aromatic heterocycles. The lowest BCUT2D eigenvalue weighted by Gasteiger charge is -2.21. The number of ether oxygens (including phenoxy) is 1. The third kappa shape index (κ3) is 2.45. The summed E-state index contributed by atoms with van der Waals surface area (Å²) in [6, 6.07) is 0. The van der Waals surface area contributed by atoms with Crippen molar-refractivity contribution in [1.82, 2.24) is 9.55 Å². The van der Waals surface area contributed by atoms with Crippen LogP contribution in [0.4, 0.5) is 0 Å². The fourth-order valence-electron chi connectivity index (χ4n) is 3.10. The van der Waals surface area contributed by atoms with Gasteiger partial charge in [0.05, 0.1) is 18.4 Å². The summed E-state index contributed by atoms with van der Waals surface area (Å²) in [5, 5.41) is 9.39. The number of nitrogens with zero attached hydrogens (tertiary/aromatic N) is 2. The van der Waals surface area contributed by atoms with Gasteiger partial charge >= 0.3 is 0 Å². The molecule has 3 rings (SSSR count). The molecule has 0 spiro atoms. The number of aryl methyl sites for hydroxylation is 1. The lowest BCUT2D eigenvalue weighted by Crippen LogP contribution is -2.21. The van der Waals surface area contributed by atoms with Crippen molar-refractivity contribution >= 4 is 0 Å². The molecule has 3 heterocycles. The Hall–Kier alpha value is -0.870. The molecular formula is C14H22N2O2. The maximum Gasteiger partial charge on any atom is 0.114 e. The van der Waals surface area contributed by atoms with Gasteiger partial charge in [0.15, 0.2) is 0 Å². The molecule has 1 N–H and O–H groups in total. The first kappa shape index (κ1) is 12.2. The topological polar surface area (TPSA) is 47.3 Å². The van der Waals surface area contributed by atoms with E-state index in [0.717, 1.165) is 50.4 Å². The molecule has 2 unspecified atom stereocenters. The van der Waals surface area contributed by atoms with Crippen LogP contribution < -0.4 is 0 Å². The Bertz CT molecular complexity index is 396. The van der Waals surface area contributed by atoms with Crippen LogP contribution in [0.25, 0.3) is 0 Å². The minimum absolute atomic E-state index is 0.219. The van der Waals surface area contributed by atoms with Crippen molar-refractivity contribution in [2.45, 2.75) is 57.1 Å². The highest BCUT2D eigenvalue weighted by atomic mass is 16.5. The molecule has 0 bridgehead atoms. The zero-order valence-electron chi connectivity index (χ0n) is 10.8. The van der Waals surface area contributed by atoms with Crippen LogP contribution >= 0.6 is 0 Å². The van der Waals surface area contributed by atoms with Crippen LogP contribution in [0, 0.1) is 0 Å². The van der Waals surface area contributed by atoms with Crippen molar-refractivity contribution in [2.75, 3.05) is 13.2 Å². The first-order valence-corrected chi connectivity index (χ1v) is 7.15. The normalized spacial score (nSPS) is 28.1. The van der Waals surface area contributed by atoms with Crippen LogP contribution in [0.3, 0.4) is 0 Å². The number of hydrogen-bond acceptors (Lipinski definition) is 3. The summed E-state index contributed by atoms with van der Waals surface area (Å²) in [5.41, 5.74) is 1.14. The van der Waals surface area contributed by atoms with Gasteiger partial charge in [-0.1, -0.05) is 0 Å². The molecular weight excluding hydrogens is 228 g/mol. The van der Waals surface area contributed by atoms with Gasteiger partial charge in [-0.2, -0.15) is 0 Å². The van der Waals surface area contributed by atoms with E-state index in [1.54, 1.807) is 0 Å². The number of rotatable bonds is 3. The van der Waals surface area contributed by atoms with Crippen molar-refractivity contribution in [3.05, 3.63) is 17.7 Å². The molecule has 0 radical (unpaired) electrons. The Morgan fingerprint density at radius 3 is 3.06 bits per heavy atom. The number of aromatic nitrogens is 2. The second-order valence-electron chi connectivity index (χ2n) is 5.50.